The van der Waals surface area contributed by atoms with Crippen LogP contribution in [-0.2, 0) is 0 Å². The normalized spacial score (nSPS) is 17.8. The van der Waals surface area contributed by atoms with Crippen molar-refractivity contribution in [2.24, 2.45) is 5.92 Å². The first-order valence-corrected chi connectivity index (χ1v) is 6.04. The van der Waals surface area contributed by atoms with Crippen LogP contribution in [0.2, 0.25) is 0 Å². The summed E-state index contributed by atoms with van der Waals surface area (Å²) in [7, 11) is 0. The van der Waals surface area contributed by atoms with Gasteiger partial charge in [0, 0.05) is 5.57 Å². The van der Waals surface area contributed by atoms with Crippen LogP contribution >= 0.6 is 0 Å². The molecule has 1 nitrogen and oxygen atoms in total. The molecule has 18 heavy (non-hydrogen) atoms. The van der Waals surface area contributed by atoms with Crippen LogP contribution in [0.4, 0.5) is 0 Å². The summed E-state index contributed by atoms with van der Waals surface area (Å²) >= 11 is 0. The molecule has 88 valence electrons. The van der Waals surface area contributed by atoms with Gasteiger partial charge < -0.3 is 0 Å². The zero-order chi connectivity index (χ0) is 13.1. The van der Waals surface area contributed by atoms with E-state index in [2.05, 4.69) is 56.9 Å². The van der Waals surface area contributed by atoms with Crippen molar-refractivity contribution >= 4 is 5.57 Å². The molecule has 0 bridgehead atoms. The van der Waals surface area contributed by atoms with Crippen molar-refractivity contribution in [2.75, 3.05) is 0 Å². The highest BCUT2D eigenvalue weighted by atomic mass is 14.2. The maximum atomic E-state index is 8.95. The van der Waals surface area contributed by atoms with Crippen molar-refractivity contribution in [3.05, 3.63) is 52.6 Å². The summed E-state index contributed by atoms with van der Waals surface area (Å²) in [4.78, 5) is 0. The average molecular weight is 233 g/mol. The minimum atomic E-state index is 0.220. The molecule has 1 aromatic rings. The van der Waals surface area contributed by atoms with Gasteiger partial charge in [0.15, 0.2) is 0 Å². The SMILES string of the molecule is Cc1cccc(C2=CC(C)C=C(C#N)C#C2)c1C. The molecule has 0 N–H and O–H groups in total. The van der Waals surface area contributed by atoms with Crippen molar-refractivity contribution in [2.45, 2.75) is 20.8 Å². The monoisotopic (exact) mass is 233 g/mol. The number of rotatable bonds is 1. The number of hydrogen-bond donors (Lipinski definition) is 0. The van der Waals surface area contributed by atoms with Gasteiger partial charge in [-0.1, -0.05) is 49.1 Å². The lowest BCUT2D eigenvalue weighted by atomic mass is 9.95. The topological polar surface area (TPSA) is 23.8 Å². The van der Waals surface area contributed by atoms with Gasteiger partial charge in [0.1, 0.15) is 6.07 Å². The fourth-order valence-corrected chi connectivity index (χ4v) is 2.06. The molecule has 1 aliphatic carbocycles. The Bertz CT molecular complexity index is 642. The van der Waals surface area contributed by atoms with E-state index in [9.17, 15) is 0 Å². The summed E-state index contributed by atoms with van der Waals surface area (Å²) in [5, 5.41) is 8.95. The molecule has 0 aromatic heterocycles. The third kappa shape index (κ3) is 2.36. The molecule has 1 heteroatoms. The first kappa shape index (κ1) is 12.2. The summed E-state index contributed by atoms with van der Waals surface area (Å²) in [6.07, 6.45) is 4.03. The summed E-state index contributed by atoms with van der Waals surface area (Å²) in [6.45, 7) is 6.28. The Morgan fingerprint density at radius 3 is 2.67 bits per heavy atom. The number of nitrogens with zero attached hydrogens (tertiary/aromatic N) is 1. The molecule has 0 aliphatic heterocycles. The van der Waals surface area contributed by atoms with Crippen LogP contribution in [0.15, 0.2) is 35.9 Å². The number of hydrogen-bond acceptors (Lipinski definition) is 1. The van der Waals surface area contributed by atoms with Crippen LogP contribution in [0.3, 0.4) is 0 Å². The zero-order valence-electron chi connectivity index (χ0n) is 10.9. The molecule has 1 unspecified atom stereocenters. The van der Waals surface area contributed by atoms with Gasteiger partial charge in [-0.15, -0.1) is 0 Å². The van der Waals surface area contributed by atoms with E-state index < -0.39 is 0 Å². The maximum Gasteiger partial charge on any atom is 0.108 e. The van der Waals surface area contributed by atoms with Crippen LogP contribution in [-0.4, -0.2) is 0 Å². The standard InChI is InChI=1S/C17H15N/c1-12-9-15(11-18)7-8-16(10-12)17-6-4-5-13(2)14(17)3/h4-6,9-10,12H,1-3H3. The predicted molar refractivity (Wildman–Crippen MR) is 74.5 cm³/mol. The second-order valence-corrected chi connectivity index (χ2v) is 4.63. The molecule has 2 rings (SSSR count). The maximum absolute atomic E-state index is 8.95. The lowest BCUT2D eigenvalue weighted by molar-refractivity contribution is 0.940. The van der Waals surface area contributed by atoms with E-state index in [-0.39, 0.29) is 5.92 Å². The van der Waals surface area contributed by atoms with Gasteiger partial charge >= 0.3 is 0 Å². The van der Waals surface area contributed by atoms with Crippen LogP contribution in [0.5, 0.6) is 0 Å². The Labute approximate surface area is 108 Å². The smallest absolute Gasteiger partial charge is 0.108 e. The van der Waals surface area contributed by atoms with Crippen molar-refractivity contribution in [3.8, 4) is 17.9 Å². The Morgan fingerprint density at radius 2 is 1.94 bits per heavy atom. The fraction of sp³-hybridized carbons (Fsp3) is 0.235. The van der Waals surface area contributed by atoms with E-state index in [1.54, 1.807) is 0 Å². The van der Waals surface area contributed by atoms with E-state index >= 15 is 0 Å². The average Bonchev–Trinajstić information content (AvgIpc) is 2.54. The van der Waals surface area contributed by atoms with Gasteiger partial charge in [0.05, 0.1) is 5.57 Å². The third-order valence-electron chi connectivity index (χ3n) is 3.21. The van der Waals surface area contributed by atoms with Crippen molar-refractivity contribution in [1.82, 2.24) is 0 Å². The molecule has 0 fully saturated rings. The zero-order valence-corrected chi connectivity index (χ0v) is 10.9. The molecule has 0 amide bonds. The summed E-state index contributed by atoms with van der Waals surface area (Å²) in [5.74, 6) is 6.28. The Kier molecular flexibility index (Phi) is 3.35. The molecule has 0 saturated heterocycles. The third-order valence-corrected chi connectivity index (χ3v) is 3.21. The van der Waals surface area contributed by atoms with Gasteiger partial charge in [-0.25, -0.2) is 0 Å². The molecule has 1 atom stereocenters. The Hall–Kier alpha value is -2.25. The van der Waals surface area contributed by atoms with E-state index in [1.165, 1.54) is 16.7 Å². The van der Waals surface area contributed by atoms with Gasteiger partial charge in [0.25, 0.3) is 0 Å². The summed E-state index contributed by atoms with van der Waals surface area (Å²) in [5.41, 5.74) is 5.26. The highest BCUT2D eigenvalue weighted by molar-refractivity contribution is 5.82. The highest BCUT2D eigenvalue weighted by Crippen LogP contribution is 2.24. The quantitative estimate of drug-likeness (QED) is 0.677. The van der Waals surface area contributed by atoms with Crippen LogP contribution in [0.1, 0.15) is 23.6 Å². The van der Waals surface area contributed by atoms with E-state index in [0.717, 1.165) is 5.57 Å². The minimum absolute atomic E-state index is 0.220. The molecule has 0 radical (unpaired) electrons. The summed E-state index contributed by atoms with van der Waals surface area (Å²) in [6, 6.07) is 8.37. The van der Waals surface area contributed by atoms with Gasteiger partial charge in [-0.05, 0) is 36.5 Å². The Balaban J connectivity index is 2.51. The minimum Gasteiger partial charge on any atom is -0.192 e. The molecule has 0 heterocycles. The molecular formula is C17H15N. The van der Waals surface area contributed by atoms with E-state index in [0.29, 0.717) is 5.57 Å². The number of benzene rings is 1. The number of allylic oxidation sites excluding steroid dienone is 4. The van der Waals surface area contributed by atoms with Crippen molar-refractivity contribution in [1.29, 1.82) is 5.26 Å². The second-order valence-electron chi connectivity index (χ2n) is 4.63. The Morgan fingerprint density at radius 1 is 1.17 bits per heavy atom. The predicted octanol–water partition coefficient (Wildman–Crippen LogP) is 3.79. The number of nitriles is 1. The highest BCUT2D eigenvalue weighted by Gasteiger charge is 2.08. The fourth-order valence-electron chi connectivity index (χ4n) is 2.06. The molecule has 1 aliphatic rings. The molecular weight excluding hydrogens is 218 g/mol. The van der Waals surface area contributed by atoms with E-state index in [4.69, 9.17) is 5.26 Å². The lowest BCUT2D eigenvalue weighted by Crippen LogP contribution is -1.92. The molecule has 0 spiro atoms. The van der Waals surface area contributed by atoms with Gasteiger partial charge in [-0.2, -0.15) is 5.26 Å². The summed E-state index contributed by atoms with van der Waals surface area (Å²) < 4.78 is 0. The van der Waals surface area contributed by atoms with Gasteiger partial charge in [-0.3, -0.25) is 0 Å². The van der Waals surface area contributed by atoms with Crippen molar-refractivity contribution < 1.29 is 0 Å². The van der Waals surface area contributed by atoms with Crippen molar-refractivity contribution in [3.63, 3.8) is 0 Å². The molecule has 0 saturated carbocycles. The van der Waals surface area contributed by atoms with Crippen LogP contribution < -0.4 is 0 Å². The first-order chi connectivity index (χ1) is 8.61. The van der Waals surface area contributed by atoms with Gasteiger partial charge in [0.2, 0.25) is 0 Å². The lowest BCUT2D eigenvalue weighted by Gasteiger charge is -2.09. The molecule has 1 aromatic carbocycles. The first-order valence-electron chi connectivity index (χ1n) is 6.04. The number of aryl methyl sites for hydroxylation is 1. The second kappa shape index (κ2) is 4.94. The van der Waals surface area contributed by atoms with E-state index in [1.807, 2.05) is 12.1 Å². The largest absolute Gasteiger partial charge is 0.192 e. The van der Waals surface area contributed by atoms with Crippen LogP contribution in [0, 0.1) is 42.9 Å². The van der Waals surface area contributed by atoms with Crippen LogP contribution in [0.25, 0.3) is 5.57 Å².